The van der Waals surface area contributed by atoms with E-state index in [0.29, 0.717) is 5.52 Å². The Balaban J connectivity index is 2.42. The van der Waals surface area contributed by atoms with Crippen molar-refractivity contribution in [2.75, 3.05) is 19.6 Å². The van der Waals surface area contributed by atoms with Crippen molar-refractivity contribution in [1.29, 1.82) is 0 Å². The van der Waals surface area contributed by atoms with Crippen LogP contribution < -0.4 is 5.69 Å². The first-order chi connectivity index (χ1) is 9.97. The van der Waals surface area contributed by atoms with Crippen molar-refractivity contribution >= 4 is 17.0 Å². The number of fused-ring (bicyclic) bond motifs is 1. The second kappa shape index (κ2) is 6.13. The van der Waals surface area contributed by atoms with Gasteiger partial charge in [0.2, 0.25) is 0 Å². The van der Waals surface area contributed by atoms with Crippen LogP contribution in [0.5, 0.6) is 0 Å². The Kier molecular flexibility index (Phi) is 4.47. The van der Waals surface area contributed by atoms with Crippen molar-refractivity contribution in [3.63, 3.8) is 0 Å². The number of hydrogen-bond acceptors (Lipinski definition) is 3. The molecular formula is C15H21N3O3. The summed E-state index contributed by atoms with van der Waals surface area (Å²) in [6.07, 6.45) is 0. The molecule has 0 aliphatic heterocycles. The first-order valence-electron chi connectivity index (χ1n) is 7.17. The molecule has 0 saturated heterocycles. The third-order valence-corrected chi connectivity index (χ3v) is 3.82. The molecule has 1 aromatic heterocycles. The molecule has 0 aliphatic carbocycles. The molecule has 0 radical (unpaired) electrons. The number of carbonyl (C=O) groups is 1. The third kappa shape index (κ3) is 3.00. The number of aromatic amines is 1. The molecule has 6 heteroatoms. The van der Waals surface area contributed by atoms with E-state index in [1.165, 1.54) is 12.1 Å². The zero-order valence-corrected chi connectivity index (χ0v) is 12.6. The van der Waals surface area contributed by atoms with Crippen LogP contribution in [0.3, 0.4) is 0 Å². The number of aromatic nitrogens is 2. The molecule has 1 atom stereocenters. The quantitative estimate of drug-likeness (QED) is 0.852. The molecule has 0 bridgehead atoms. The van der Waals surface area contributed by atoms with E-state index >= 15 is 0 Å². The summed E-state index contributed by atoms with van der Waals surface area (Å²) in [7, 11) is 0. The summed E-state index contributed by atoms with van der Waals surface area (Å²) in [5.41, 5.74) is 1.27. The average Bonchev–Trinajstić information content (AvgIpc) is 2.79. The number of benzene rings is 1. The molecule has 0 amide bonds. The van der Waals surface area contributed by atoms with Gasteiger partial charge in [0.25, 0.3) is 0 Å². The molecule has 1 unspecified atom stereocenters. The summed E-state index contributed by atoms with van der Waals surface area (Å²) < 4.78 is 1.69. The molecule has 6 nitrogen and oxygen atoms in total. The minimum Gasteiger partial charge on any atom is -0.478 e. The second-order valence-electron chi connectivity index (χ2n) is 5.17. The van der Waals surface area contributed by atoms with Gasteiger partial charge in [0, 0.05) is 12.6 Å². The van der Waals surface area contributed by atoms with Crippen molar-refractivity contribution in [1.82, 2.24) is 14.5 Å². The molecule has 114 valence electrons. The fourth-order valence-corrected chi connectivity index (χ4v) is 2.64. The lowest BCUT2D eigenvalue weighted by molar-refractivity contribution is 0.0697. The van der Waals surface area contributed by atoms with E-state index in [9.17, 15) is 9.59 Å². The van der Waals surface area contributed by atoms with Gasteiger partial charge in [-0.1, -0.05) is 13.8 Å². The standard InChI is InChI=1S/C15H21N3O3/c1-4-17(5-2)9-10(3)18-13-7-6-11(14(19)20)8-12(13)16-15(18)21/h6-8,10H,4-5,9H2,1-3H3,(H,16,21)(H,19,20). The third-order valence-electron chi connectivity index (χ3n) is 3.82. The van der Waals surface area contributed by atoms with Crippen LogP contribution >= 0.6 is 0 Å². The molecule has 2 aromatic rings. The van der Waals surface area contributed by atoms with Crippen LogP contribution in [0, 0.1) is 0 Å². The van der Waals surface area contributed by atoms with Crippen LogP contribution in [0.2, 0.25) is 0 Å². The Bertz CT molecular complexity index is 698. The fraction of sp³-hybridized carbons (Fsp3) is 0.467. The van der Waals surface area contributed by atoms with Crippen LogP contribution in [-0.4, -0.2) is 45.2 Å². The lowest BCUT2D eigenvalue weighted by Gasteiger charge is -2.23. The van der Waals surface area contributed by atoms with Gasteiger partial charge in [0.15, 0.2) is 0 Å². The Morgan fingerprint density at radius 3 is 2.62 bits per heavy atom. The number of rotatable bonds is 6. The number of nitrogens with zero attached hydrogens (tertiary/aromatic N) is 2. The van der Waals surface area contributed by atoms with E-state index in [4.69, 9.17) is 5.11 Å². The van der Waals surface area contributed by atoms with Gasteiger partial charge in [0.1, 0.15) is 0 Å². The minimum atomic E-state index is -0.998. The topological polar surface area (TPSA) is 78.3 Å². The van der Waals surface area contributed by atoms with E-state index in [-0.39, 0.29) is 17.3 Å². The van der Waals surface area contributed by atoms with Crippen molar-refractivity contribution in [2.45, 2.75) is 26.8 Å². The summed E-state index contributed by atoms with van der Waals surface area (Å²) in [5.74, 6) is -0.998. The predicted molar refractivity (Wildman–Crippen MR) is 82.0 cm³/mol. The van der Waals surface area contributed by atoms with Crippen LogP contribution in [0.1, 0.15) is 37.2 Å². The Morgan fingerprint density at radius 1 is 1.38 bits per heavy atom. The highest BCUT2D eigenvalue weighted by Crippen LogP contribution is 2.17. The summed E-state index contributed by atoms with van der Waals surface area (Å²) >= 11 is 0. The number of likely N-dealkylation sites (N-methyl/N-ethyl adjacent to an activating group) is 1. The van der Waals surface area contributed by atoms with Gasteiger partial charge in [-0.25, -0.2) is 9.59 Å². The fourth-order valence-electron chi connectivity index (χ4n) is 2.64. The Labute approximate surface area is 123 Å². The van der Waals surface area contributed by atoms with Crippen molar-refractivity contribution in [2.24, 2.45) is 0 Å². The van der Waals surface area contributed by atoms with Gasteiger partial charge in [-0.15, -0.1) is 0 Å². The summed E-state index contributed by atoms with van der Waals surface area (Å²) in [6, 6.07) is 4.73. The van der Waals surface area contributed by atoms with Crippen LogP contribution in [0.15, 0.2) is 23.0 Å². The molecule has 1 heterocycles. The van der Waals surface area contributed by atoms with E-state index in [0.717, 1.165) is 25.2 Å². The van der Waals surface area contributed by atoms with Gasteiger partial charge in [-0.3, -0.25) is 4.57 Å². The highest BCUT2D eigenvalue weighted by Gasteiger charge is 2.16. The van der Waals surface area contributed by atoms with Gasteiger partial charge in [0.05, 0.1) is 16.6 Å². The first-order valence-corrected chi connectivity index (χ1v) is 7.17. The Morgan fingerprint density at radius 2 is 2.05 bits per heavy atom. The molecule has 2 N–H and O–H groups in total. The van der Waals surface area contributed by atoms with Gasteiger partial charge >= 0.3 is 11.7 Å². The minimum absolute atomic E-state index is 0.0156. The summed E-state index contributed by atoms with van der Waals surface area (Å²) in [6.45, 7) is 8.82. The number of carboxylic acids is 1. The highest BCUT2D eigenvalue weighted by atomic mass is 16.4. The number of H-pyrrole nitrogens is 1. The van der Waals surface area contributed by atoms with E-state index in [1.807, 2.05) is 6.92 Å². The number of hydrogen-bond donors (Lipinski definition) is 2. The zero-order valence-electron chi connectivity index (χ0n) is 12.6. The number of carboxylic acid groups (broad SMARTS) is 1. The SMILES string of the molecule is CCN(CC)CC(C)n1c(=O)[nH]c2cc(C(=O)O)ccc21. The lowest BCUT2D eigenvalue weighted by Crippen LogP contribution is -2.32. The molecule has 0 saturated carbocycles. The van der Waals surface area contributed by atoms with E-state index in [2.05, 4.69) is 23.7 Å². The summed E-state index contributed by atoms with van der Waals surface area (Å²) in [5, 5.41) is 9.01. The normalized spacial score (nSPS) is 13.0. The van der Waals surface area contributed by atoms with Gasteiger partial charge in [-0.05, 0) is 38.2 Å². The largest absolute Gasteiger partial charge is 0.478 e. The van der Waals surface area contributed by atoms with Gasteiger partial charge in [-0.2, -0.15) is 0 Å². The van der Waals surface area contributed by atoms with Crippen molar-refractivity contribution in [3.05, 3.63) is 34.2 Å². The molecule has 21 heavy (non-hydrogen) atoms. The molecule has 0 fully saturated rings. The second-order valence-corrected chi connectivity index (χ2v) is 5.17. The maximum atomic E-state index is 12.2. The van der Waals surface area contributed by atoms with Gasteiger partial charge < -0.3 is 15.0 Å². The molecule has 0 aliphatic rings. The Hall–Kier alpha value is -2.08. The molecule has 0 spiro atoms. The molecule has 1 aromatic carbocycles. The first kappa shape index (κ1) is 15.3. The summed E-state index contributed by atoms with van der Waals surface area (Å²) in [4.78, 5) is 28.1. The lowest BCUT2D eigenvalue weighted by atomic mass is 10.2. The molecular weight excluding hydrogens is 270 g/mol. The predicted octanol–water partition coefficient (Wildman–Crippen LogP) is 1.93. The van der Waals surface area contributed by atoms with Crippen LogP contribution in [0.25, 0.3) is 11.0 Å². The van der Waals surface area contributed by atoms with Crippen LogP contribution in [-0.2, 0) is 0 Å². The van der Waals surface area contributed by atoms with E-state index in [1.54, 1.807) is 10.6 Å². The average molecular weight is 291 g/mol. The smallest absolute Gasteiger partial charge is 0.335 e. The van der Waals surface area contributed by atoms with Crippen molar-refractivity contribution in [3.8, 4) is 0 Å². The van der Waals surface area contributed by atoms with E-state index < -0.39 is 5.97 Å². The molecule has 2 rings (SSSR count). The number of nitrogens with one attached hydrogen (secondary N) is 1. The maximum absolute atomic E-state index is 12.2. The van der Waals surface area contributed by atoms with Crippen LogP contribution in [0.4, 0.5) is 0 Å². The number of aromatic carboxylic acids is 1. The maximum Gasteiger partial charge on any atom is 0.335 e. The monoisotopic (exact) mass is 291 g/mol. The number of imidazole rings is 1. The van der Waals surface area contributed by atoms with Crippen molar-refractivity contribution < 1.29 is 9.90 Å². The highest BCUT2D eigenvalue weighted by molar-refractivity contribution is 5.92. The zero-order chi connectivity index (χ0) is 15.6.